The molecule has 0 N–H and O–H groups in total. The summed E-state index contributed by atoms with van der Waals surface area (Å²) in [6, 6.07) is 7.76. The maximum Gasteiger partial charge on any atom is 0.284 e. The first-order valence-corrected chi connectivity index (χ1v) is 8.01. The van der Waals surface area contributed by atoms with Crippen molar-refractivity contribution in [3.8, 4) is 10.8 Å². The molecule has 0 aliphatic rings. The number of benzene rings is 1. The van der Waals surface area contributed by atoms with Crippen molar-refractivity contribution in [3.63, 3.8) is 0 Å². The molecule has 0 unspecified atom stereocenters. The molecule has 0 aliphatic heterocycles. The van der Waals surface area contributed by atoms with Gasteiger partial charge in [-0.3, -0.25) is 4.79 Å². The molecule has 0 amide bonds. The van der Waals surface area contributed by atoms with Gasteiger partial charge in [-0.05, 0) is 6.07 Å². The Balaban J connectivity index is 1.99. The monoisotopic (exact) mass is 344 g/mol. The number of fused-ring (bicyclic) bond motifs is 1. The van der Waals surface area contributed by atoms with E-state index < -0.39 is 0 Å². The molecule has 4 nitrogen and oxygen atoms in total. The summed E-state index contributed by atoms with van der Waals surface area (Å²) in [5.74, 6) is 0.201. The van der Waals surface area contributed by atoms with Gasteiger partial charge in [0.15, 0.2) is 0 Å². The van der Waals surface area contributed by atoms with Gasteiger partial charge in [0.2, 0.25) is 5.12 Å². The van der Waals surface area contributed by atoms with Gasteiger partial charge in [-0.1, -0.05) is 29.8 Å². The lowest BCUT2D eigenvalue weighted by atomic mass is 10.2. The van der Waals surface area contributed by atoms with E-state index in [1.807, 2.05) is 24.3 Å². The van der Waals surface area contributed by atoms with Gasteiger partial charge in [-0.25, -0.2) is 0 Å². The molecule has 20 heavy (non-hydrogen) atoms. The van der Waals surface area contributed by atoms with Crippen molar-refractivity contribution < 1.29 is 9.21 Å². The van der Waals surface area contributed by atoms with Crippen molar-refractivity contribution in [2.75, 3.05) is 5.88 Å². The average Bonchev–Trinajstić information content (AvgIpc) is 3.04. The summed E-state index contributed by atoms with van der Waals surface area (Å²) < 4.78 is 6.48. The molecule has 8 heteroatoms. The van der Waals surface area contributed by atoms with Crippen LogP contribution in [0.15, 0.2) is 33.9 Å². The van der Waals surface area contributed by atoms with Crippen LogP contribution in [0.1, 0.15) is 0 Å². The molecular weight excluding hydrogens is 339 g/mol. The molecule has 0 bridgehead atoms. The topological polar surface area (TPSA) is 56.0 Å². The van der Waals surface area contributed by atoms with Gasteiger partial charge >= 0.3 is 0 Å². The van der Waals surface area contributed by atoms with Gasteiger partial charge in [0.1, 0.15) is 4.88 Å². The van der Waals surface area contributed by atoms with E-state index in [0.717, 1.165) is 21.8 Å². The zero-order valence-electron chi connectivity index (χ0n) is 9.80. The first-order chi connectivity index (χ1) is 9.69. The number of carbonyl (C=O) groups is 1. The van der Waals surface area contributed by atoms with Crippen LogP contribution in [0.5, 0.6) is 0 Å². The Morgan fingerprint density at radius 2 is 2.15 bits per heavy atom. The average molecular weight is 345 g/mol. The van der Waals surface area contributed by atoms with Crippen LogP contribution < -0.4 is 0 Å². The number of hydrogen-bond acceptors (Lipinski definition) is 6. The maximum absolute atomic E-state index is 11.2. The Morgan fingerprint density at radius 1 is 1.35 bits per heavy atom. The molecule has 2 aromatic heterocycles. The van der Waals surface area contributed by atoms with E-state index >= 15 is 0 Å². The van der Waals surface area contributed by atoms with Crippen molar-refractivity contribution in [2.24, 2.45) is 0 Å². The van der Waals surface area contributed by atoms with Crippen LogP contribution in [0.4, 0.5) is 0 Å². The third-order valence-electron chi connectivity index (χ3n) is 2.45. The molecule has 0 saturated carbocycles. The fraction of sp³-hybridized carbons (Fsp3) is 0.0833. The van der Waals surface area contributed by atoms with Crippen molar-refractivity contribution >= 4 is 61.5 Å². The van der Waals surface area contributed by atoms with Gasteiger partial charge in [0.25, 0.3) is 11.1 Å². The number of thioether (sulfide) groups is 1. The fourth-order valence-electron chi connectivity index (χ4n) is 1.62. The number of hydrogen-bond donors (Lipinski definition) is 0. The summed E-state index contributed by atoms with van der Waals surface area (Å²) in [4.78, 5) is 11.9. The van der Waals surface area contributed by atoms with Crippen molar-refractivity contribution in [3.05, 3.63) is 29.3 Å². The lowest BCUT2D eigenvalue weighted by Gasteiger charge is -1.90. The summed E-state index contributed by atoms with van der Waals surface area (Å²) in [6.45, 7) is 0. The second kappa shape index (κ2) is 5.73. The molecule has 0 saturated heterocycles. The highest BCUT2D eigenvalue weighted by Gasteiger charge is 2.18. The second-order valence-electron chi connectivity index (χ2n) is 3.72. The van der Waals surface area contributed by atoms with E-state index in [1.165, 1.54) is 11.3 Å². The van der Waals surface area contributed by atoms with E-state index in [0.29, 0.717) is 15.8 Å². The Hall–Kier alpha value is -1.08. The molecule has 1 aromatic carbocycles. The number of carbonyl (C=O) groups excluding carboxylic acids is 1. The first kappa shape index (κ1) is 13.9. The fourth-order valence-corrected chi connectivity index (χ4v) is 3.67. The zero-order valence-corrected chi connectivity index (χ0v) is 12.9. The SMILES string of the molecule is O=C(CCl)Sc1nnc(-c2sc3ccccc3c2Cl)o1. The minimum atomic E-state index is -0.246. The Bertz CT molecular complexity index is 785. The molecule has 3 rings (SSSR count). The Morgan fingerprint density at radius 3 is 2.90 bits per heavy atom. The molecule has 0 atom stereocenters. The van der Waals surface area contributed by atoms with Crippen LogP contribution in [0.2, 0.25) is 5.02 Å². The third kappa shape index (κ3) is 2.56. The smallest absolute Gasteiger partial charge is 0.284 e. The summed E-state index contributed by atoms with van der Waals surface area (Å²) >= 11 is 14.0. The normalized spacial score (nSPS) is 11.1. The lowest BCUT2D eigenvalue weighted by Crippen LogP contribution is -1.90. The maximum atomic E-state index is 11.2. The molecule has 0 radical (unpaired) electrons. The Labute approximate surface area is 132 Å². The summed E-state index contributed by atoms with van der Waals surface area (Å²) in [7, 11) is 0. The van der Waals surface area contributed by atoms with E-state index in [9.17, 15) is 4.79 Å². The van der Waals surface area contributed by atoms with Crippen molar-refractivity contribution in [2.45, 2.75) is 5.22 Å². The zero-order chi connectivity index (χ0) is 14.1. The quantitative estimate of drug-likeness (QED) is 0.518. The minimum absolute atomic E-state index is 0.105. The predicted octanol–water partition coefficient (Wildman–Crippen LogP) is 4.46. The summed E-state index contributed by atoms with van der Waals surface area (Å²) in [5, 5.41) is 9.17. The van der Waals surface area contributed by atoms with Crippen LogP contribution in [0.3, 0.4) is 0 Å². The van der Waals surface area contributed by atoms with E-state index in [-0.39, 0.29) is 16.2 Å². The van der Waals surface area contributed by atoms with Gasteiger partial charge in [0, 0.05) is 21.8 Å². The Kier molecular flexibility index (Phi) is 3.98. The van der Waals surface area contributed by atoms with Gasteiger partial charge in [-0.15, -0.1) is 33.1 Å². The highest BCUT2D eigenvalue weighted by molar-refractivity contribution is 8.13. The number of halogens is 2. The molecular formula is C12H6Cl2N2O2S2. The summed E-state index contributed by atoms with van der Waals surface area (Å²) in [6.07, 6.45) is 0. The van der Waals surface area contributed by atoms with Crippen LogP contribution >= 0.6 is 46.3 Å². The molecule has 2 heterocycles. The molecule has 0 spiro atoms. The molecule has 3 aromatic rings. The van der Waals surface area contributed by atoms with Crippen LogP contribution in [0, 0.1) is 0 Å². The largest absolute Gasteiger partial charge is 0.410 e. The van der Waals surface area contributed by atoms with Crippen molar-refractivity contribution in [1.82, 2.24) is 10.2 Å². The molecule has 102 valence electrons. The van der Waals surface area contributed by atoms with Crippen LogP contribution in [-0.4, -0.2) is 21.2 Å². The third-order valence-corrected chi connectivity index (χ3v) is 5.22. The summed E-state index contributed by atoms with van der Waals surface area (Å²) in [5.41, 5.74) is 0. The van der Waals surface area contributed by atoms with Crippen LogP contribution in [0.25, 0.3) is 20.9 Å². The number of alkyl halides is 1. The number of aromatic nitrogens is 2. The highest BCUT2D eigenvalue weighted by atomic mass is 35.5. The molecule has 0 fully saturated rings. The molecule has 0 aliphatic carbocycles. The standard InChI is InChI=1S/C12H6Cl2N2O2S2/c13-5-8(17)20-12-16-15-11(18-12)10-9(14)6-3-1-2-4-7(6)19-10/h1-4H,5H2. The first-order valence-electron chi connectivity index (χ1n) is 5.46. The van der Waals surface area contributed by atoms with E-state index in [4.69, 9.17) is 27.6 Å². The minimum Gasteiger partial charge on any atom is -0.410 e. The lowest BCUT2D eigenvalue weighted by molar-refractivity contribution is -0.108. The van der Waals surface area contributed by atoms with Crippen molar-refractivity contribution in [1.29, 1.82) is 0 Å². The van der Waals surface area contributed by atoms with E-state index in [1.54, 1.807) is 0 Å². The second-order valence-corrected chi connectivity index (χ2v) is 6.43. The number of rotatable bonds is 3. The van der Waals surface area contributed by atoms with Gasteiger partial charge < -0.3 is 4.42 Å². The van der Waals surface area contributed by atoms with E-state index in [2.05, 4.69) is 10.2 Å². The van der Waals surface area contributed by atoms with Gasteiger partial charge in [-0.2, -0.15) is 0 Å². The van der Waals surface area contributed by atoms with Crippen LogP contribution in [-0.2, 0) is 4.79 Å². The number of nitrogens with zero attached hydrogens (tertiary/aromatic N) is 2. The number of thiophene rings is 1. The predicted molar refractivity (Wildman–Crippen MR) is 81.7 cm³/mol. The highest BCUT2D eigenvalue weighted by Crippen LogP contribution is 2.41. The van der Waals surface area contributed by atoms with Gasteiger partial charge in [0.05, 0.1) is 10.9 Å².